The minimum Gasteiger partial charge on any atom is -0.338 e. The van der Waals surface area contributed by atoms with E-state index in [1.807, 2.05) is 13.8 Å². The monoisotopic (exact) mass is 379 g/mol. The molecule has 10 nitrogen and oxygen atoms in total. The van der Waals surface area contributed by atoms with E-state index in [2.05, 4.69) is 25.1 Å². The Morgan fingerprint density at radius 2 is 2.04 bits per heavy atom. The van der Waals surface area contributed by atoms with E-state index >= 15 is 0 Å². The van der Waals surface area contributed by atoms with Gasteiger partial charge in [-0.2, -0.15) is 15.2 Å². The molecular formula is C15H21N7O3S. The maximum Gasteiger partial charge on any atom is 0.244 e. The number of rotatable bonds is 6. The standard InChI is InChI=1S/C15H21N7O3S/c1-9(2)22-11(4)14(10(3)19-22)26(23,24)17-7-13-18-15(20-25-13)12-6-16-21(5)8-12/h6,8-9,17H,7H2,1-5H3. The van der Waals surface area contributed by atoms with E-state index in [4.69, 9.17) is 4.52 Å². The van der Waals surface area contributed by atoms with Crippen molar-refractivity contribution in [1.82, 2.24) is 34.4 Å². The Kier molecular flexibility index (Phi) is 4.67. The highest BCUT2D eigenvalue weighted by Gasteiger charge is 2.26. The third-order valence-corrected chi connectivity index (χ3v) is 5.51. The molecule has 0 fully saturated rings. The predicted octanol–water partition coefficient (Wildman–Crippen LogP) is 1.34. The number of hydrogen-bond acceptors (Lipinski definition) is 7. The molecule has 3 heterocycles. The number of aryl methyl sites for hydroxylation is 2. The van der Waals surface area contributed by atoms with Gasteiger partial charge in [-0.3, -0.25) is 9.36 Å². The molecule has 0 aliphatic heterocycles. The minimum absolute atomic E-state index is 0.0654. The number of nitrogens with one attached hydrogen (secondary N) is 1. The van der Waals surface area contributed by atoms with Crippen molar-refractivity contribution in [2.75, 3.05) is 0 Å². The molecule has 0 saturated carbocycles. The molecule has 0 radical (unpaired) electrons. The van der Waals surface area contributed by atoms with Crippen LogP contribution in [0.25, 0.3) is 11.4 Å². The molecule has 0 aliphatic rings. The molecule has 11 heteroatoms. The van der Waals surface area contributed by atoms with Crippen molar-refractivity contribution in [3.8, 4) is 11.4 Å². The maximum atomic E-state index is 12.7. The minimum atomic E-state index is -3.76. The highest BCUT2D eigenvalue weighted by atomic mass is 32.2. The molecule has 3 rings (SSSR count). The summed E-state index contributed by atoms with van der Waals surface area (Å²) in [6.07, 6.45) is 3.34. The van der Waals surface area contributed by atoms with Crippen LogP contribution in [0, 0.1) is 13.8 Å². The quantitative estimate of drug-likeness (QED) is 0.686. The van der Waals surface area contributed by atoms with Gasteiger partial charge in [0, 0.05) is 19.3 Å². The Morgan fingerprint density at radius 1 is 1.31 bits per heavy atom. The van der Waals surface area contributed by atoms with Crippen LogP contribution in [0.5, 0.6) is 0 Å². The highest BCUT2D eigenvalue weighted by molar-refractivity contribution is 7.89. The first-order chi connectivity index (χ1) is 12.2. The maximum absolute atomic E-state index is 12.7. The lowest BCUT2D eigenvalue weighted by Crippen LogP contribution is -2.24. The van der Waals surface area contributed by atoms with Crippen LogP contribution in [0.1, 0.15) is 37.2 Å². The molecular weight excluding hydrogens is 358 g/mol. The summed E-state index contributed by atoms with van der Waals surface area (Å²) in [6.45, 7) is 7.19. The average molecular weight is 379 g/mol. The summed E-state index contributed by atoms with van der Waals surface area (Å²) < 4.78 is 36.3. The van der Waals surface area contributed by atoms with Crippen molar-refractivity contribution in [1.29, 1.82) is 0 Å². The number of aromatic nitrogens is 6. The summed E-state index contributed by atoms with van der Waals surface area (Å²) in [5.41, 5.74) is 1.73. The first kappa shape index (κ1) is 18.3. The molecule has 0 saturated heterocycles. The first-order valence-corrected chi connectivity index (χ1v) is 9.54. The Balaban J connectivity index is 1.78. The van der Waals surface area contributed by atoms with Crippen molar-refractivity contribution in [3.63, 3.8) is 0 Å². The first-order valence-electron chi connectivity index (χ1n) is 8.06. The second kappa shape index (κ2) is 6.65. The lowest BCUT2D eigenvalue weighted by Gasteiger charge is -2.09. The Hall–Kier alpha value is -2.53. The third kappa shape index (κ3) is 3.40. The number of nitrogens with zero attached hydrogens (tertiary/aromatic N) is 6. The second-order valence-corrected chi connectivity index (χ2v) is 7.98. The van der Waals surface area contributed by atoms with E-state index in [0.717, 1.165) is 0 Å². The van der Waals surface area contributed by atoms with E-state index in [9.17, 15) is 8.42 Å². The fourth-order valence-electron chi connectivity index (χ4n) is 2.75. The van der Waals surface area contributed by atoms with Crippen LogP contribution < -0.4 is 4.72 Å². The van der Waals surface area contributed by atoms with Crippen molar-refractivity contribution in [2.24, 2.45) is 7.05 Å². The van der Waals surface area contributed by atoms with Crippen molar-refractivity contribution in [2.45, 2.75) is 45.2 Å². The van der Waals surface area contributed by atoms with E-state index in [-0.39, 0.29) is 23.4 Å². The van der Waals surface area contributed by atoms with Crippen LogP contribution >= 0.6 is 0 Å². The SMILES string of the molecule is Cc1nn(C(C)C)c(C)c1S(=O)(=O)NCc1nc(-c2cnn(C)c2)no1. The Morgan fingerprint density at radius 3 is 2.62 bits per heavy atom. The zero-order valence-electron chi connectivity index (χ0n) is 15.3. The van der Waals surface area contributed by atoms with Gasteiger partial charge in [0.25, 0.3) is 0 Å². The molecule has 3 aromatic rings. The molecule has 1 N–H and O–H groups in total. The summed E-state index contributed by atoms with van der Waals surface area (Å²) in [5.74, 6) is 0.520. The van der Waals surface area contributed by atoms with Gasteiger partial charge in [0.15, 0.2) is 0 Å². The molecule has 3 aromatic heterocycles. The van der Waals surface area contributed by atoms with Gasteiger partial charge in [0.05, 0.1) is 29.7 Å². The zero-order valence-corrected chi connectivity index (χ0v) is 16.1. The molecule has 140 valence electrons. The second-order valence-electron chi connectivity index (χ2n) is 6.28. The van der Waals surface area contributed by atoms with Crippen LogP contribution in [0.15, 0.2) is 21.8 Å². The lowest BCUT2D eigenvalue weighted by atomic mass is 10.3. The van der Waals surface area contributed by atoms with Crippen LogP contribution in [-0.2, 0) is 23.6 Å². The largest absolute Gasteiger partial charge is 0.338 e. The number of hydrogen-bond donors (Lipinski definition) is 1. The Bertz CT molecular complexity index is 1030. The van der Waals surface area contributed by atoms with Crippen molar-refractivity contribution < 1.29 is 12.9 Å². The molecule has 0 bridgehead atoms. The molecule has 0 atom stereocenters. The summed E-state index contributed by atoms with van der Waals surface area (Å²) >= 11 is 0. The van der Waals surface area contributed by atoms with Gasteiger partial charge in [-0.05, 0) is 27.7 Å². The zero-order chi connectivity index (χ0) is 19.1. The van der Waals surface area contributed by atoms with Crippen LogP contribution in [0.3, 0.4) is 0 Å². The molecule has 0 unspecified atom stereocenters. The topological polar surface area (TPSA) is 121 Å². The lowest BCUT2D eigenvalue weighted by molar-refractivity contribution is 0.376. The van der Waals surface area contributed by atoms with Gasteiger partial charge in [0.2, 0.25) is 21.7 Å². The van der Waals surface area contributed by atoms with E-state index < -0.39 is 10.0 Å². The molecule has 0 aromatic carbocycles. The average Bonchev–Trinajstić information content (AvgIpc) is 3.24. The molecule has 26 heavy (non-hydrogen) atoms. The van der Waals surface area contributed by atoms with E-state index in [1.165, 1.54) is 0 Å². The number of sulfonamides is 1. The fraction of sp³-hybridized carbons (Fsp3) is 0.467. The van der Waals surface area contributed by atoms with Crippen LogP contribution in [-0.4, -0.2) is 38.1 Å². The van der Waals surface area contributed by atoms with Gasteiger partial charge in [-0.15, -0.1) is 0 Å². The molecule has 0 spiro atoms. The van der Waals surface area contributed by atoms with Crippen LogP contribution in [0.2, 0.25) is 0 Å². The summed E-state index contributed by atoms with van der Waals surface area (Å²) in [7, 11) is -1.98. The van der Waals surface area contributed by atoms with Gasteiger partial charge in [-0.1, -0.05) is 5.16 Å². The van der Waals surface area contributed by atoms with Gasteiger partial charge < -0.3 is 4.52 Å². The van der Waals surface area contributed by atoms with Gasteiger partial charge in [0.1, 0.15) is 4.90 Å². The third-order valence-electron chi connectivity index (χ3n) is 3.86. The fourth-order valence-corrected chi connectivity index (χ4v) is 4.12. The predicted molar refractivity (Wildman–Crippen MR) is 92.6 cm³/mol. The van der Waals surface area contributed by atoms with Crippen molar-refractivity contribution >= 4 is 10.0 Å². The summed E-state index contributed by atoms with van der Waals surface area (Å²) in [5, 5.41) is 12.2. The summed E-state index contributed by atoms with van der Waals surface area (Å²) in [4.78, 5) is 4.37. The smallest absolute Gasteiger partial charge is 0.244 e. The highest BCUT2D eigenvalue weighted by Crippen LogP contribution is 2.22. The van der Waals surface area contributed by atoms with Crippen LogP contribution in [0.4, 0.5) is 0 Å². The molecule has 0 amide bonds. The molecule has 0 aliphatic carbocycles. The summed E-state index contributed by atoms with van der Waals surface area (Å²) in [6, 6.07) is 0.0654. The normalized spacial score (nSPS) is 12.2. The Labute approximate surface area is 151 Å². The van der Waals surface area contributed by atoms with Gasteiger partial charge >= 0.3 is 0 Å². The van der Waals surface area contributed by atoms with Gasteiger partial charge in [-0.25, -0.2) is 13.1 Å². The van der Waals surface area contributed by atoms with Crippen molar-refractivity contribution in [3.05, 3.63) is 29.7 Å². The van der Waals surface area contributed by atoms with E-state index in [0.29, 0.717) is 22.8 Å². The van der Waals surface area contributed by atoms with E-state index in [1.54, 1.807) is 42.7 Å².